The van der Waals surface area contributed by atoms with Gasteiger partial charge in [-0.3, -0.25) is 0 Å². The van der Waals surface area contributed by atoms with Crippen LogP contribution in [0.2, 0.25) is 0 Å². The summed E-state index contributed by atoms with van der Waals surface area (Å²) in [5.74, 6) is 0. The van der Waals surface area contributed by atoms with Gasteiger partial charge in [0, 0.05) is 6.04 Å². The molecular weight excluding hydrogens is 182 g/mol. The van der Waals surface area contributed by atoms with Gasteiger partial charge in [0.1, 0.15) is 0 Å². The van der Waals surface area contributed by atoms with E-state index < -0.39 is 0 Å². The first-order chi connectivity index (χ1) is 7.40. The van der Waals surface area contributed by atoms with E-state index in [-0.39, 0.29) is 0 Å². The average molecular weight is 203 g/mol. The van der Waals surface area contributed by atoms with Crippen LogP contribution in [0, 0.1) is 0 Å². The SMILES string of the molecule is CCC(Cc1ccccc1)N1CCCC1. The van der Waals surface area contributed by atoms with Gasteiger partial charge in [0.15, 0.2) is 0 Å². The Kier molecular flexibility index (Phi) is 3.79. The van der Waals surface area contributed by atoms with E-state index in [9.17, 15) is 0 Å². The van der Waals surface area contributed by atoms with E-state index in [1.54, 1.807) is 0 Å². The van der Waals surface area contributed by atoms with Crippen LogP contribution in [0.4, 0.5) is 0 Å². The van der Waals surface area contributed by atoms with Crippen molar-refractivity contribution in [3.63, 3.8) is 0 Å². The summed E-state index contributed by atoms with van der Waals surface area (Å²) in [4.78, 5) is 2.66. The van der Waals surface area contributed by atoms with E-state index >= 15 is 0 Å². The van der Waals surface area contributed by atoms with Crippen LogP contribution >= 0.6 is 0 Å². The molecule has 1 unspecified atom stereocenters. The number of hydrogen-bond acceptors (Lipinski definition) is 1. The minimum Gasteiger partial charge on any atom is -0.300 e. The van der Waals surface area contributed by atoms with Crippen molar-refractivity contribution in [1.29, 1.82) is 0 Å². The second-order valence-corrected chi connectivity index (χ2v) is 4.49. The van der Waals surface area contributed by atoms with Crippen LogP contribution in [0.15, 0.2) is 30.3 Å². The molecule has 2 rings (SSSR count). The van der Waals surface area contributed by atoms with Crippen molar-refractivity contribution in [2.75, 3.05) is 13.1 Å². The summed E-state index contributed by atoms with van der Waals surface area (Å²) < 4.78 is 0. The van der Waals surface area contributed by atoms with Crippen molar-refractivity contribution >= 4 is 0 Å². The Morgan fingerprint density at radius 1 is 1.13 bits per heavy atom. The zero-order valence-corrected chi connectivity index (χ0v) is 9.65. The van der Waals surface area contributed by atoms with E-state index in [1.807, 2.05) is 0 Å². The Morgan fingerprint density at radius 2 is 1.80 bits per heavy atom. The van der Waals surface area contributed by atoms with Gasteiger partial charge in [-0.05, 0) is 44.3 Å². The molecule has 0 N–H and O–H groups in total. The summed E-state index contributed by atoms with van der Waals surface area (Å²) in [6.07, 6.45) is 5.28. The second-order valence-electron chi connectivity index (χ2n) is 4.49. The monoisotopic (exact) mass is 203 g/mol. The highest BCUT2D eigenvalue weighted by Crippen LogP contribution is 2.17. The van der Waals surface area contributed by atoms with E-state index in [0.29, 0.717) is 0 Å². The van der Waals surface area contributed by atoms with Crippen molar-refractivity contribution < 1.29 is 0 Å². The average Bonchev–Trinajstić information content (AvgIpc) is 2.81. The molecule has 15 heavy (non-hydrogen) atoms. The fraction of sp³-hybridized carbons (Fsp3) is 0.571. The maximum Gasteiger partial charge on any atom is 0.0133 e. The van der Waals surface area contributed by atoms with Crippen LogP contribution in [-0.4, -0.2) is 24.0 Å². The lowest BCUT2D eigenvalue weighted by Gasteiger charge is -2.26. The van der Waals surface area contributed by atoms with Gasteiger partial charge in [-0.1, -0.05) is 37.3 Å². The van der Waals surface area contributed by atoms with E-state index in [0.717, 1.165) is 6.04 Å². The molecule has 0 radical (unpaired) electrons. The zero-order chi connectivity index (χ0) is 10.5. The van der Waals surface area contributed by atoms with Gasteiger partial charge >= 0.3 is 0 Å². The summed E-state index contributed by atoms with van der Waals surface area (Å²) in [6.45, 7) is 4.93. The molecule has 1 aromatic rings. The molecule has 0 bridgehead atoms. The lowest BCUT2D eigenvalue weighted by molar-refractivity contribution is 0.235. The fourth-order valence-electron chi connectivity index (χ4n) is 2.52. The smallest absolute Gasteiger partial charge is 0.0133 e. The van der Waals surface area contributed by atoms with Crippen molar-refractivity contribution in [3.8, 4) is 0 Å². The van der Waals surface area contributed by atoms with E-state index in [1.165, 1.54) is 44.3 Å². The van der Waals surface area contributed by atoms with Crippen molar-refractivity contribution in [3.05, 3.63) is 35.9 Å². The van der Waals surface area contributed by atoms with Crippen LogP contribution in [0.3, 0.4) is 0 Å². The predicted octanol–water partition coefficient (Wildman–Crippen LogP) is 3.10. The third-order valence-corrected chi connectivity index (χ3v) is 3.44. The molecule has 0 amide bonds. The fourth-order valence-corrected chi connectivity index (χ4v) is 2.52. The molecule has 0 aliphatic carbocycles. The van der Waals surface area contributed by atoms with Crippen molar-refractivity contribution in [2.24, 2.45) is 0 Å². The first-order valence-corrected chi connectivity index (χ1v) is 6.18. The molecule has 1 saturated heterocycles. The van der Waals surface area contributed by atoms with Gasteiger partial charge in [0.2, 0.25) is 0 Å². The van der Waals surface area contributed by atoms with Gasteiger partial charge in [0.25, 0.3) is 0 Å². The topological polar surface area (TPSA) is 3.24 Å². The van der Waals surface area contributed by atoms with Crippen LogP contribution in [0.25, 0.3) is 0 Å². The quantitative estimate of drug-likeness (QED) is 0.727. The summed E-state index contributed by atoms with van der Waals surface area (Å²) in [6, 6.07) is 11.6. The molecule has 1 aromatic carbocycles. The molecule has 82 valence electrons. The minimum absolute atomic E-state index is 0.759. The van der Waals surface area contributed by atoms with Gasteiger partial charge in [0.05, 0.1) is 0 Å². The highest BCUT2D eigenvalue weighted by Gasteiger charge is 2.20. The highest BCUT2D eigenvalue weighted by molar-refractivity contribution is 5.15. The number of likely N-dealkylation sites (tertiary alicyclic amines) is 1. The maximum absolute atomic E-state index is 2.66. The van der Waals surface area contributed by atoms with Gasteiger partial charge in [-0.25, -0.2) is 0 Å². The molecule has 1 atom stereocenters. The van der Waals surface area contributed by atoms with Crippen molar-refractivity contribution in [2.45, 2.75) is 38.6 Å². The van der Waals surface area contributed by atoms with Crippen LogP contribution in [0.1, 0.15) is 31.7 Å². The Bertz CT molecular complexity index is 275. The largest absolute Gasteiger partial charge is 0.300 e. The van der Waals surface area contributed by atoms with E-state index in [4.69, 9.17) is 0 Å². The molecule has 1 fully saturated rings. The van der Waals surface area contributed by atoms with Gasteiger partial charge in [-0.2, -0.15) is 0 Å². The van der Waals surface area contributed by atoms with Gasteiger partial charge in [-0.15, -0.1) is 0 Å². The number of nitrogens with zero attached hydrogens (tertiary/aromatic N) is 1. The third-order valence-electron chi connectivity index (χ3n) is 3.44. The lowest BCUT2D eigenvalue weighted by atomic mass is 10.0. The first-order valence-electron chi connectivity index (χ1n) is 6.18. The highest BCUT2D eigenvalue weighted by atomic mass is 15.2. The minimum atomic E-state index is 0.759. The Balaban J connectivity index is 1.96. The molecule has 1 heteroatoms. The number of benzene rings is 1. The maximum atomic E-state index is 2.66. The van der Waals surface area contributed by atoms with Crippen LogP contribution < -0.4 is 0 Å². The summed E-state index contributed by atoms with van der Waals surface area (Å²) in [5, 5.41) is 0. The number of hydrogen-bond donors (Lipinski definition) is 0. The van der Waals surface area contributed by atoms with Crippen molar-refractivity contribution in [1.82, 2.24) is 4.90 Å². The molecular formula is C14H21N. The summed E-state index contributed by atoms with van der Waals surface area (Å²) >= 11 is 0. The lowest BCUT2D eigenvalue weighted by Crippen LogP contribution is -2.33. The molecule has 1 heterocycles. The third kappa shape index (κ3) is 2.82. The Morgan fingerprint density at radius 3 is 2.40 bits per heavy atom. The second kappa shape index (κ2) is 5.32. The molecule has 0 aromatic heterocycles. The molecule has 1 nitrogen and oxygen atoms in total. The zero-order valence-electron chi connectivity index (χ0n) is 9.65. The Labute approximate surface area is 93.1 Å². The molecule has 0 spiro atoms. The standard InChI is InChI=1S/C14H21N/c1-2-14(15-10-6-7-11-15)12-13-8-4-3-5-9-13/h3-5,8-9,14H,2,6-7,10-12H2,1H3. The molecule has 1 aliphatic heterocycles. The molecule has 0 saturated carbocycles. The summed E-state index contributed by atoms with van der Waals surface area (Å²) in [7, 11) is 0. The van der Waals surface area contributed by atoms with E-state index in [2.05, 4.69) is 42.2 Å². The summed E-state index contributed by atoms with van der Waals surface area (Å²) in [5.41, 5.74) is 1.48. The number of rotatable bonds is 4. The van der Waals surface area contributed by atoms with Gasteiger partial charge < -0.3 is 4.90 Å². The Hall–Kier alpha value is -0.820. The normalized spacial score (nSPS) is 19.3. The van der Waals surface area contributed by atoms with Crippen LogP contribution in [-0.2, 0) is 6.42 Å². The molecule has 1 aliphatic rings. The first kappa shape index (κ1) is 10.7. The van der Waals surface area contributed by atoms with Crippen LogP contribution in [0.5, 0.6) is 0 Å². The predicted molar refractivity (Wildman–Crippen MR) is 65.0 cm³/mol.